The molecule has 0 saturated heterocycles. The van der Waals surface area contributed by atoms with E-state index in [1.807, 2.05) is 0 Å². The molecule has 2 aromatic carbocycles. The van der Waals surface area contributed by atoms with Crippen molar-refractivity contribution in [1.82, 2.24) is 5.32 Å². The number of imide groups is 1. The summed E-state index contributed by atoms with van der Waals surface area (Å²) < 4.78 is 13.5. The van der Waals surface area contributed by atoms with Gasteiger partial charge < -0.3 is 10.6 Å². The Morgan fingerprint density at radius 1 is 1.03 bits per heavy atom. The van der Waals surface area contributed by atoms with Crippen molar-refractivity contribution in [3.63, 3.8) is 0 Å². The van der Waals surface area contributed by atoms with E-state index in [0.29, 0.717) is 11.3 Å². The van der Waals surface area contributed by atoms with Gasteiger partial charge in [0.1, 0.15) is 16.5 Å². The Hall–Kier alpha value is -2.90. The molecule has 0 radical (unpaired) electrons. The van der Waals surface area contributed by atoms with Gasteiger partial charge >= 0.3 is 0 Å². The summed E-state index contributed by atoms with van der Waals surface area (Å²) >= 11 is 11.9. The molecule has 0 aromatic heterocycles. The quantitative estimate of drug-likeness (QED) is 0.638. The molecule has 1 aliphatic heterocycles. The average molecular weight is 462 g/mol. The van der Waals surface area contributed by atoms with Crippen molar-refractivity contribution in [1.29, 1.82) is 0 Å². The second-order valence-electron chi connectivity index (χ2n) is 7.39. The zero-order chi connectivity index (χ0) is 22.1. The minimum Gasteiger partial charge on any atom is -0.350 e. The number of hydrogen-bond donors (Lipinski definition) is 2. The Morgan fingerprint density at radius 2 is 1.77 bits per heavy atom. The third-order valence-electron chi connectivity index (χ3n) is 5.27. The number of carbonyl (C=O) groups excluding carboxylic acids is 3. The van der Waals surface area contributed by atoms with E-state index in [4.69, 9.17) is 23.2 Å². The molecule has 2 aliphatic rings. The van der Waals surface area contributed by atoms with Crippen LogP contribution in [0, 0.1) is 5.82 Å². The maximum absolute atomic E-state index is 13.5. The molecule has 1 fully saturated rings. The van der Waals surface area contributed by atoms with E-state index in [0.717, 1.165) is 36.6 Å². The number of carbonyl (C=O) groups is 3. The van der Waals surface area contributed by atoms with Crippen LogP contribution in [0.15, 0.2) is 53.2 Å². The zero-order valence-corrected chi connectivity index (χ0v) is 17.8. The minimum absolute atomic E-state index is 0.0982. The van der Waals surface area contributed by atoms with Gasteiger partial charge in [-0.15, -0.1) is 0 Å². The van der Waals surface area contributed by atoms with Crippen molar-refractivity contribution >= 4 is 52.3 Å². The monoisotopic (exact) mass is 461 g/mol. The molecule has 0 bridgehead atoms. The molecule has 2 N–H and O–H groups in total. The fourth-order valence-electron chi connectivity index (χ4n) is 3.69. The van der Waals surface area contributed by atoms with Crippen molar-refractivity contribution in [2.75, 3.05) is 10.2 Å². The van der Waals surface area contributed by atoms with Gasteiger partial charge in [0.15, 0.2) is 0 Å². The van der Waals surface area contributed by atoms with Gasteiger partial charge in [0.2, 0.25) is 0 Å². The van der Waals surface area contributed by atoms with Crippen LogP contribution in [0.2, 0.25) is 5.02 Å². The van der Waals surface area contributed by atoms with Crippen LogP contribution in [-0.2, 0) is 9.59 Å². The highest BCUT2D eigenvalue weighted by atomic mass is 35.5. The van der Waals surface area contributed by atoms with Crippen LogP contribution in [0.4, 0.5) is 15.8 Å². The van der Waals surface area contributed by atoms with Crippen molar-refractivity contribution < 1.29 is 18.8 Å². The Bertz CT molecular complexity index is 1110. The molecule has 3 amide bonds. The van der Waals surface area contributed by atoms with Crippen LogP contribution >= 0.6 is 23.2 Å². The molecule has 6 nitrogen and oxygen atoms in total. The molecular weight excluding hydrogens is 444 g/mol. The molecule has 9 heteroatoms. The van der Waals surface area contributed by atoms with E-state index in [1.54, 1.807) is 24.3 Å². The van der Waals surface area contributed by atoms with E-state index in [1.165, 1.54) is 12.1 Å². The second-order valence-corrected chi connectivity index (χ2v) is 8.18. The standard InChI is InChI=1S/C22H18Cl2FN3O3/c23-16-11-15(8-9-17(16)25)28-21(30)18(24)19(22(28)31)26-14-7-3-4-12(10-14)20(29)27-13-5-1-2-6-13/h3-4,7-11,13,26H,1-2,5-6H2,(H,27,29). The number of rotatable bonds is 5. The predicted molar refractivity (Wildman–Crippen MR) is 117 cm³/mol. The summed E-state index contributed by atoms with van der Waals surface area (Å²) in [5.41, 5.74) is 0.807. The number of anilines is 2. The molecule has 0 atom stereocenters. The van der Waals surface area contributed by atoms with Crippen molar-refractivity contribution in [2.24, 2.45) is 0 Å². The topological polar surface area (TPSA) is 78.5 Å². The van der Waals surface area contributed by atoms with Gasteiger partial charge in [-0.2, -0.15) is 0 Å². The van der Waals surface area contributed by atoms with Gasteiger partial charge in [-0.25, -0.2) is 9.29 Å². The summed E-state index contributed by atoms with van der Waals surface area (Å²) in [6.45, 7) is 0. The minimum atomic E-state index is -0.757. The summed E-state index contributed by atoms with van der Waals surface area (Å²) in [5, 5.41) is 5.30. The third-order valence-corrected chi connectivity index (χ3v) is 5.91. The first kappa shape index (κ1) is 21.3. The number of halogens is 3. The number of hydrogen-bond acceptors (Lipinski definition) is 4. The SMILES string of the molecule is O=C(NC1CCCC1)c1cccc(NC2=C(Cl)C(=O)N(c3ccc(F)c(Cl)c3)C2=O)c1. The highest BCUT2D eigenvalue weighted by Crippen LogP contribution is 2.32. The Labute approximate surface area is 188 Å². The van der Waals surface area contributed by atoms with Gasteiger partial charge in [-0.05, 0) is 49.2 Å². The van der Waals surface area contributed by atoms with Gasteiger partial charge in [0.05, 0.1) is 10.7 Å². The molecule has 4 rings (SSSR count). The number of benzene rings is 2. The molecule has 2 aromatic rings. The van der Waals surface area contributed by atoms with Crippen molar-refractivity contribution in [2.45, 2.75) is 31.7 Å². The number of amides is 3. The highest BCUT2D eigenvalue weighted by molar-refractivity contribution is 6.53. The van der Waals surface area contributed by atoms with Crippen molar-refractivity contribution in [3.05, 3.63) is 69.6 Å². The smallest absolute Gasteiger partial charge is 0.283 e. The maximum Gasteiger partial charge on any atom is 0.283 e. The van der Waals surface area contributed by atoms with E-state index in [-0.39, 0.29) is 33.4 Å². The second kappa shape index (κ2) is 8.69. The molecule has 1 heterocycles. The first-order valence-corrected chi connectivity index (χ1v) is 10.5. The Balaban J connectivity index is 1.53. The summed E-state index contributed by atoms with van der Waals surface area (Å²) in [4.78, 5) is 38.7. The average Bonchev–Trinajstić information content (AvgIpc) is 3.33. The molecule has 31 heavy (non-hydrogen) atoms. The summed E-state index contributed by atoms with van der Waals surface area (Å²) in [7, 11) is 0. The van der Waals surface area contributed by atoms with Crippen LogP contribution in [0.1, 0.15) is 36.0 Å². The summed E-state index contributed by atoms with van der Waals surface area (Å²) in [6, 6.07) is 10.2. The molecule has 1 aliphatic carbocycles. The summed E-state index contributed by atoms with van der Waals surface area (Å²) in [5.74, 6) is -2.34. The first-order valence-electron chi connectivity index (χ1n) is 9.76. The Morgan fingerprint density at radius 3 is 2.48 bits per heavy atom. The number of nitrogens with one attached hydrogen (secondary N) is 2. The van der Waals surface area contributed by atoms with E-state index < -0.39 is 17.6 Å². The lowest BCUT2D eigenvalue weighted by molar-refractivity contribution is -0.120. The first-order chi connectivity index (χ1) is 14.8. The van der Waals surface area contributed by atoms with Crippen molar-refractivity contribution in [3.8, 4) is 0 Å². The largest absolute Gasteiger partial charge is 0.350 e. The number of nitrogens with zero attached hydrogens (tertiary/aromatic N) is 1. The third kappa shape index (κ3) is 4.29. The highest BCUT2D eigenvalue weighted by Gasteiger charge is 2.39. The molecule has 0 unspecified atom stereocenters. The van der Waals surface area contributed by atoms with Crippen LogP contribution in [0.3, 0.4) is 0 Å². The van der Waals surface area contributed by atoms with Gasteiger partial charge in [0, 0.05) is 17.3 Å². The predicted octanol–water partition coefficient (Wildman–Crippen LogP) is 4.59. The van der Waals surface area contributed by atoms with Crippen LogP contribution < -0.4 is 15.5 Å². The molecule has 1 saturated carbocycles. The summed E-state index contributed by atoms with van der Waals surface area (Å²) in [6.07, 6.45) is 4.13. The van der Waals surface area contributed by atoms with E-state index in [2.05, 4.69) is 10.6 Å². The van der Waals surface area contributed by atoms with Gasteiger partial charge in [0.25, 0.3) is 17.7 Å². The van der Waals surface area contributed by atoms with E-state index >= 15 is 0 Å². The van der Waals surface area contributed by atoms with Crippen LogP contribution in [0.5, 0.6) is 0 Å². The molecule has 0 spiro atoms. The van der Waals surface area contributed by atoms with Crippen LogP contribution in [0.25, 0.3) is 0 Å². The normalized spacial score (nSPS) is 16.9. The lowest BCUT2D eigenvalue weighted by atomic mass is 10.1. The lowest BCUT2D eigenvalue weighted by Gasteiger charge is -2.16. The molecule has 160 valence electrons. The maximum atomic E-state index is 13.5. The fourth-order valence-corrected chi connectivity index (χ4v) is 4.08. The van der Waals surface area contributed by atoms with E-state index in [9.17, 15) is 18.8 Å². The fraction of sp³-hybridized carbons (Fsp3) is 0.227. The van der Waals surface area contributed by atoms with Gasteiger partial charge in [-0.1, -0.05) is 42.1 Å². The molecular formula is C22H18Cl2FN3O3. The lowest BCUT2D eigenvalue weighted by Crippen LogP contribution is -2.32. The zero-order valence-electron chi connectivity index (χ0n) is 16.3. The van der Waals surface area contributed by atoms with Gasteiger partial charge in [-0.3, -0.25) is 14.4 Å². The Kier molecular flexibility index (Phi) is 5.98. The van der Waals surface area contributed by atoms with Crippen LogP contribution in [-0.4, -0.2) is 23.8 Å².